The lowest BCUT2D eigenvalue weighted by atomic mass is 9.79. The average Bonchev–Trinajstić information content (AvgIpc) is 3.06. The number of aliphatic hydroxyl groups is 1. The van der Waals surface area contributed by atoms with Gasteiger partial charge in [-0.1, -0.05) is 24.3 Å². The van der Waals surface area contributed by atoms with Crippen molar-refractivity contribution >= 4 is 29.1 Å². The quantitative estimate of drug-likeness (QED) is 0.842. The Bertz CT molecular complexity index is 546. The Morgan fingerprint density at radius 3 is 2.80 bits per heavy atom. The van der Waals surface area contributed by atoms with Crippen LogP contribution in [0.1, 0.15) is 30.4 Å². The van der Waals surface area contributed by atoms with E-state index in [2.05, 4.69) is 5.32 Å². The van der Waals surface area contributed by atoms with Gasteiger partial charge in [-0.05, 0) is 36.8 Å². The molecule has 20 heavy (non-hydrogen) atoms. The summed E-state index contributed by atoms with van der Waals surface area (Å²) < 4.78 is -0.919. The molecular formula is C15H17Cl2NO2. The molecule has 0 unspecified atom stereocenters. The Balaban J connectivity index is 1.70. The molecule has 1 aromatic rings. The molecule has 0 radical (unpaired) electrons. The number of hydrogen-bond acceptors (Lipinski definition) is 2. The summed E-state index contributed by atoms with van der Waals surface area (Å²) in [5, 5.41) is 13.6. The van der Waals surface area contributed by atoms with E-state index in [1.54, 1.807) is 0 Å². The van der Waals surface area contributed by atoms with Crippen LogP contribution >= 0.6 is 23.2 Å². The van der Waals surface area contributed by atoms with Crippen molar-refractivity contribution in [1.82, 2.24) is 5.32 Å². The summed E-state index contributed by atoms with van der Waals surface area (Å²) in [5.41, 5.74) is 1.09. The van der Waals surface area contributed by atoms with Gasteiger partial charge in [0.1, 0.15) is 9.93 Å². The third-order valence-corrected chi connectivity index (χ3v) is 5.09. The Morgan fingerprint density at radius 1 is 1.40 bits per heavy atom. The second-order valence-corrected chi connectivity index (χ2v) is 7.32. The Labute approximate surface area is 128 Å². The predicted octanol–water partition coefficient (Wildman–Crippen LogP) is 2.52. The molecular weight excluding hydrogens is 297 g/mol. The van der Waals surface area contributed by atoms with Crippen LogP contribution in [0.5, 0.6) is 0 Å². The van der Waals surface area contributed by atoms with Gasteiger partial charge in [0.05, 0.1) is 12.5 Å². The van der Waals surface area contributed by atoms with E-state index < -0.39 is 9.93 Å². The van der Waals surface area contributed by atoms with Crippen LogP contribution in [0.25, 0.3) is 0 Å². The fourth-order valence-electron chi connectivity index (χ4n) is 2.94. The predicted molar refractivity (Wildman–Crippen MR) is 78.8 cm³/mol. The number of hydrogen-bond donors (Lipinski definition) is 2. The van der Waals surface area contributed by atoms with Gasteiger partial charge >= 0.3 is 0 Å². The molecule has 1 aromatic carbocycles. The standard InChI is InChI=1S/C15H17Cl2NO2/c16-15(17)8-12(15)13(19)18-9-14(20)7-3-5-10-4-1-2-6-11(10)14/h1-2,4,6,12,20H,3,5,7-9H2,(H,18,19)/t12-,14+/m1/s1. The molecule has 2 aliphatic carbocycles. The van der Waals surface area contributed by atoms with Crippen LogP contribution in [0.3, 0.4) is 0 Å². The van der Waals surface area contributed by atoms with Crippen LogP contribution in [-0.4, -0.2) is 21.9 Å². The molecule has 108 valence electrons. The molecule has 3 nitrogen and oxygen atoms in total. The molecule has 0 saturated heterocycles. The van der Waals surface area contributed by atoms with Crippen LogP contribution in [0, 0.1) is 5.92 Å². The molecule has 2 atom stereocenters. The van der Waals surface area contributed by atoms with E-state index >= 15 is 0 Å². The maximum Gasteiger partial charge on any atom is 0.226 e. The first-order valence-corrected chi connectivity index (χ1v) is 7.64. The highest BCUT2D eigenvalue weighted by Crippen LogP contribution is 2.53. The molecule has 1 saturated carbocycles. The van der Waals surface area contributed by atoms with Gasteiger partial charge in [0, 0.05) is 0 Å². The number of halogens is 2. The minimum atomic E-state index is -0.985. The van der Waals surface area contributed by atoms with E-state index in [-0.39, 0.29) is 18.4 Å². The fourth-order valence-corrected chi connectivity index (χ4v) is 3.44. The largest absolute Gasteiger partial charge is 0.383 e. The van der Waals surface area contributed by atoms with Crippen LogP contribution in [0.2, 0.25) is 0 Å². The van der Waals surface area contributed by atoms with E-state index in [0.29, 0.717) is 12.8 Å². The van der Waals surface area contributed by atoms with Gasteiger partial charge < -0.3 is 10.4 Å². The monoisotopic (exact) mass is 313 g/mol. The number of carbonyl (C=O) groups is 1. The van der Waals surface area contributed by atoms with Crippen LogP contribution in [-0.2, 0) is 16.8 Å². The van der Waals surface area contributed by atoms with Gasteiger partial charge in [-0.3, -0.25) is 4.79 Å². The second kappa shape index (κ2) is 4.90. The van der Waals surface area contributed by atoms with Crippen LogP contribution in [0.4, 0.5) is 0 Å². The molecule has 1 fully saturated rings. The van der Waals surface area contributed by atoms with Crippen molar-refractivity contribution in [3.63, 3.8) is 0 Å². The van der Waals surface area contributed by atoms with E-state index in [1.807, 2.05) is 24.3 Å². The van der Waals surface area contributed by atoms with Gasteiger partial charge in [-0.2, -0.15) is 0 Å². The maximum absolute atomic E-state index is 11.9. The normalized spacial score (nSPS) is 30.4. The number of aryl methyl sites for hydroxylation is 1. The Kier molecular flexibility index (Phi) is 3.47. The number of amides is 1. The first-order chi connectivity index (χ1) is 9.42. The van der Waals surface area contributed by atoms with Crippen molar-refractivity contribution in [2.45, 2.75) is 35.6 Å². The number of alkyl halides is 2. The third-order valence-electron chi connectivity index (χ3n) is 4.25. The zero-order valence-corrected chi connectivity index (χ0v) is 12.5. The number of rotatable bonds is 3. The topological polar surface area (TPSA) is 49.3 Å². The summed E-state index contributed by atoms with van der Waals surface area (Å²) in [5.74, 6) is -0.528. The Hall–Kier alpha value is -0.770. The second-order valence-electron chi connectivity index (χ2n) is 5.78. The summed E-state index contributed by atoms with van der Waals surface area (Å²) in [6, 6.07) is 7.86. The van der Waals surface area contributed by atoms with Crippen molar-refractivity contribution in [3.05, 3.63) is 35.4 Å². The number of fused-ring (bicyclic) bond motifs is 1. The molecule has 0 bridgehead atoms. The van der Waals surface area contributed by atoms with Crippen LogP contribution in [0.15, 0.2) is 24.3 Å². The SMILES string of the molecule is O=C(NC[C@@]1(O)CCCc2ccccc21)[C@H]1CC1(Cl)Cl. The number of carbonyl (C=O) groups excluding carboxylic acids is 1. The van der Waals surface area contributed by atoms with E-state index in [4.69, 9.17) is 23.2 Å². The lowest BCUT2D eigenvalue weighted by Crippen LogP contribution is -2.43. The lowest BCUT2D eigenvalue weighted by Gasteiger charge is -2.34. The first-order valence-electron chi connectivity index (χ1n) is 6.89. The van der Waals surface area contributed by atoms with Gasteiger partial charge in [0.2, 0.25) is 5.91 Å². The van der Waals surface area contributed by atoms with Crippen molar-refractivity contribution in [1.29, 1.82) is 0 Å². The minimum absolute atomic E-state index is 0.175. The molecule has 5 heteroatoms. The average molecular weight is 314 g/mol. The zero-order chi connectivity index (χ0) is 14.4. The molecule has 2 aliphatic rings. The highest BCUT2D eigenvalue weighted by atomic mass is 35.5. The fraction of sp³-hybridized carbons (Fsp3) is 0.533. The molecule has 1 amide bonds. The number of benzene rings is 1. The molecule has 0 aliphatic heterocycles. The molecule has 0 spiro atoms. The summed E-state index contributed by atoms with van der Waals surface area (Å²) >= 11 is 11.8. The highest BCUT2D eigenvalue weighted by molar-refractivity contribution is 6.52. The lowest BCUT2D eigenvalue weighted by molar-refractivity contribution is -0.123. The Morgan fingerprint density at radius 2 is 2.10 bits per heavy atom. The van der Waals surface area contributed by atoms with Crippen molar-refractivity contribution in [2.75, 3.05) is 6.54 Å². The van der Waals surface area contributed by atoms with Gasteiger partial charge in [0.15, 0.2) is 0 Å². The van der Waals surface area contributed by atoms with Crippen LogP contribution < -0.4 is 5.32 Å². The molecule has 3 rings (SSSR count). The maximum atomic E-state index is 11.9. The summed E-state index contributed by atoms with van der Waals surface area (Å²) in [7, 11) is 0. The van der Waals surface area contributed by atoms with Gasteiger partial charge in [0.25, 0.3) is 0 Å². The van der Waals surface area contributed by atoms with Crippen molar-refractivity contribution in [2.24, 2.45) is 5.92 Å². The van der Waals surface area contributed by atoms with Crippen molar-refractivity contribution in [3.8, 4) is 0 Å². The zero-order valence-electron chi connectivity index (χ0n) is 11.0. The summed E-state index contributed by atoms with van der Waals surface area (Å²) in [6.07, 6.45) is 3.03. The van der Waals surface area contributed by atoms with Gasteiger partial charge in [-0.25, -0.2) is 0 Å². The summed E-state index contributed by atoms with van der Waals surface area (Å²) in [6.45, 7) is 0.212. The smallest absolute Gasteiger partial charge is 0.226 e. The molecule has 0 aromatic heterocycles. The molecule has 0 heterocycles. The van der Waals surface area contributed by atoms with E-state index in [1.165, 1.54) is 0 Å². The third kappa shape index (κ3) is 2.54. The van der Waals surface area contributed by atoms with Gasteiger partial charge in [-0.15, -0.1) is 23.2 Å². The molecule has 2 N–H and O–H groups in total. The highest BCUT2D eigenvalue weighted by Gasteiger charge is 2.56. The van der Waals surface area contributed by atoms with E-state index in [0.717, 1.165) is 24.0 Å². The van der Waals surface area contributed by atoms with E-state index in [9.17, 15) is 9.90 Å². The first kappa shape index (κ1) is 14.2. The summed E-state index contributed by atoms with van der Waals surface area (Å²) in [4.78, 5) is 11.9. The number of nitrogens with one attached hydrogen (secondary N) is 1. The minimum Gasteiger partial charge on any atom is -0.383 e. The van der Waals surface area contributed by atoms with Crippen molar-refractivity contribution < 1.29 is 9.90 Å².